The third kappa shape index (κ3) is 3.63. The van der Waals surface area contributed by atoms with Crippen LogP contribution in [0.5, 0.6) is 0 Å². The number of nitrogens with two attached hydrogens (primary N) is 1. The van der Waals surface area contributed by atoms with Crippen molar-refractivity contribution in [2.24, 2.45) is 5.73 Å². The molecule has 1 aromatic rings. The number of aryl methyl sites for hydroxylation is 2. The Morgan fingerprint density at radius 3 is 2.62 bits per heavy atom. The summed E-state index contributed by atoms with van der Waals surface area (Å²) in [5, 5.41) is 0.142. The number of nitrogens with zero attached hydrogens (tertiary/aromatic N) is 3. The van der Waals surface area contributed by atoms with Crippen LogP contribution in [-0.4, -0.2) is 54.6 Å². The second kappa shape index (κ2) is 6.87. The van der Waals surface area contributed by atoms with Gasteiger partial charge in [0.05, 0.1) is 12.7 Å². The van der Waals surface area contributed by atoms with E-state index < -0.39 is 10.0 Å². The molecule has 0 aromatic carbocycles. The van der Waals surface area contributed by atoms with Gasteiger partial charge in [0.1, 0.15) is 5.82 Å². The van der Waals surface area contributed by atoms with Crippen LogP contribution in [0, 0.1) is 6.92 Å². The lowest BCUT2D eigenvalue weighted by molar-refractivity contribution is 0.0257. The minimum Gasteiger partial charge on any atom is -0.377 e. The lowest BCUT2D eigenvalue weighted by Gasteiger charge is -2.30. The van der Waals surface area contributed by atoms with Crippen LogP contribution in [0.25, 0.3) is 0 Å². The summed E-state index contributed by atoms with van der Waals surface area (Å²) in [6.07, 6.45) is 3.12. The van der Waals surface area contributed by atoms with Crippen LogP contribution in [0.4, 0.5) is 0 Å². The van der Waals surface area contributed by atoms with Crippen molar-refractivity contribution in [3.63, 3.8) is 0 Å². The maximum atomic E-state index is 12.6. The molecular weight excluding hydrogens is 292 g/mol. The smallest absolute Gasteiger partial charge is 0.262 e. The van der Waals surface area contributed by atoms with Crippen molar-refractivity contribution >= 4 is 10.0 Å². The van der Waals surface area contributed by atoms with E-state index >= 15 is 0 Å². The SMILES string of the molecule is CCn1cc(S(=O)(=O)N2CCC(OCCN)CC2)nc1C. The Balaban J connectivity index is 2.04. The molecule has 2 rings (SSSR count). The normalized spacial score (nSPS) is 18.2. The van der Waals surface area contributed by atoms with E-state index in [1.54, 1.807) is 6.20 Å². The van der Waals surface area contributed by atoms with E-state index in [-0.39, 0.29) is 11.1 Å². The zero-order chi connectivity index (χ0) is 15.5. The molecule has 1 aromatic heterocycles. The number of imidazole rings is 1. The van der Waals surface area contributed by atoms with Crippen LogP contribution in [0.15, 0.2) is 11.2 Å². The lowest BCUT2D eigenvalue weighted by atomic mass is 10.1. The molecule has 0 unspecified atom stereocenters. The van der Waals surface area contributed by atoms with Gasteiger partial charge in [-0.15, -0.1) is 0 Å². The number of rotatable bonds is 6. The van der Waals surface area contributed by atoms with Gasteiger partial charge in [0.25, 0.3) is 10.0 Å². The van der Waals surface area contributed by atoms with Gasteiger partial charge in [0.2, 0.25) is 0 Å². The fraction of sp³-hybridized carbons (Fsp3) is 0.769. The van der Waals surface area contributed by atoms with Gasteiger partial charge in [-0.3, -0.25) is 0 Å². The van der Waals surface area contributed by atoms with Gasteiger partial charge in [-0.05, 0) is 26.7 Å². The molecule has 7 nitrogen and oxygen atoms in total. The Hall–Kier alpha value is -0.960. The summed E-state index contributed by atoms with van der Waals surface area (Å²) < 4.78 is 34.1. The van der Waals surface area contributed by atoms with Crippen molar-refractivity contribution in [1.82, 2.24) is 13.9 Å². The maximum absolute atomic E-state index is 12.6. The molecule has 21 heavy (non-hydrogen) atoms. The highest BCUT2D eigenvalue weighted by atomic mass is 32.2. The molecule has 1 aliphatic heterocycles. The van der Waals surface area contributed by atoms with Crippen LogP contribution in [-0.2, 0) is 21.3 Å². The first-order valence-electron chi connectivity index (χ1n) is 7.34. The van der Waals surface area contributed by atoms with Gasteiger partial charge in [-0.25, -0.2) is 13.4 Å². The van der Waals surface area contributed by atoms with Crippen LogP contribution in [0.3, 0.4) is 0 Å². The van der Waals surface area contributed by atoms with E-state index in [9.17, 15) is 8.42 Å². The summed E-state index contributed by atoms with van der Waals surface area (Å²) >= 11 is 0. The number of aromatic nitrogens is 2. The van der Waals surface area contributed by atoms with Crippen molar-refractivity contribution in [3.8, 4) is 0 Å². The maximum Gasteiger partial charge on any atom is 0.262 e. The van der Waals surface area contributed by atoms with Gasteiger partial charge >= 0.3 is 0 Å². The molecule has 1 saturated heterocycles. The molecule has 0 aliphatic carbocycles. The predicted octanol–water partition coefficient (Wildman–Crippen LogP) is 0.340. The molecule has 1 fully saturated rings. The van der Waals surface area contributed by atoms with E-state index in [4.69, 9.17) is 10.5 Å². The average molecular weight is 316 g/mol. The van der Waals surface area contributed by atoms with Crippen molar-refractivity contribution in [3.05, 3.63) is 12.0 Å². The lowest BCUT2D eigenvalue weighted by Crippen LogP contribution is -2.41. The van der Waals surface area contributed by atoms with Crippen molar-refractivity contribution < 1.29 is 13.2 Å². The minimum atomic E-state index is -3.50. The topological polar surface area (TPSA) is 90.5 Å². The third-order valence-corrected chi connectivity index (χ3v) is 5.54. The molecule has 120 valence electrons. The standard InChI is InChI=1S/C13H24N4O3S/c1-3-16-10-13(15-11(16)2)21(18,19)17-7-4-12(5-8-17)20-9-6-14/h10,12H,3-9,14H2,1-2H3. The summed E-state index contributed by atoms with van der Waals surface area (Å²) in [6.45, 7) is 6.44. The number of hydrogen-bond donors (Lipinski definition) is 1. The van der Waals surface area contributed by atoms with Crippen LogP contribution in [0.1, 0.15) is 25.6 Å². The molecule has 0 radical (unpaired) electrons. The Kier molecular flexibility index (Phi) is 5.37. The molecule has 0 spiro atoms. The Morgan fingerprint density at radius 1 is 1.43 bits per heavy atom. The summed E-state index contributed by atoms with van der Waals surface area (Å²) in [4.78, 5) is 4.18. The fourth-order valence-corrected chi connectivity index (χ4v) is 3.99. The first-order chi connectivity index (χ1) is 9.98. The molecule has 1 aliphatic rings. The van der Waals surface area contributed by atoms with E-state index in [0.29, 0.717) is 45.6 Å². The highest BCUT2D eigenvalue weighted by Crippen LogP contribution is 2.21. The zero-order valence-corrected chi connectivity index (χ0v) is 13.5. The largest absolute Gasteiger partial charge is 0.377 e. The fourth-order valence-electron chi connectivity index (χ4n) is 2.53. The summed E-state index contributed by atoms with van der Waals surface area (Å²) in [6, 6.07) is 0. The van der Waals surface area contributed by atoms with E-state index in [1.807, 2.05) is 18.4 Å². The van der Waals surface area contributed by atoms with Crippen LogP contribution < -0.4 is 5.73 Å². The summed E-state index contributed by atoms with van der Waals surface area (Å²) in [5.74, 6) is 0.720. The molecule has 0 bridgehead atoms. The molecule has 8 heteroatoms. The Bertz CT molecular complexity index is 562. The Morgan fingerprint density at radius 2 is 2.10 bits per heavy atom. The highest BCUT2D eigenvalue weighted by Gasteiger charge is 2.31. The second-order valence-electron chi connectivity index (χ2n) is 5.18. The molecule has 0 saturated carbocycles. The molecule has 0 atom stereocenters. The van der Waals surface area contributed by atoms with Gasteiger partial charge in [0, 0.05) is 32.4 Å². The van der Waals surface area contributed by atoms with Gasteiger partial charge in [0.15, 0.2) is 5.03 Å². The minimum absolute atomic E-state index is 0.106. The first kappa shape index (κ1) is 16.4. The monoisotopic (exact) mass is 316 g/mol. The quantitative estimate of drug-likeness (QED) is 0.817. The summed E-state index contributed by atoms with van der Waals surface area (Å²) in [7, 11) is -3.50. The third-order valence-electron chi connectivity index (χ3n) is 3.77. The molecular formula is C13H24N4O3S. The van der Waals surface area contributed by atoms with Crippen molar-refractivity contribution in [2.75, 3.05) is 26.2 Å². The summed E-state index contributed by atoms with van der Waals surface area (Å²) in [5.41, 5.74) is 5.41. The van der Waals surface area contributed by atoms with E-state index in [0.717, 1.165) is 5.82 Å². The van der Waals surface area contributed by atoms with Crippen LogP contribution >= 0.6 is 0 Å². The number of sulfonamides is 1. The van der Waals surface area contributed by atoms with Gasteiger partial charge in [-0.2, -0.15) is 4.31 Å². The van der Waals surface area contributed by atoms with Gasteiger partial charge in [-0.1, -0.05) is 0 Å². The first-order valence-corrected chi connectivity index (χ1v) is 8.78. The number of ether oxygens (including phenoxy) is 1. The highest BCUT2D eigenvalue weighted by molar-refractivity contribution is 7.89. The molecule has 2 heterocycles. The number of hydrogen-bond acceptors (Lipinski definition) is 5. The van der Waals surface area contributed by atoms with Gasteiger partial charge < -0.3 is 15.0 Å². The van der Waals surface area contributed by atoms with E-state index in [1.165, 1.54) is 4.31 Å². The number of piperidine rings is 1. The average Bonchev–Trinajstić information content (AvgIpc) is 2.87. The Labute approximate surface area is 126 Å². The molecule has 0 amide bonds. The van der Waals surface area contributed by atoms with E-state index in [2.05, 4.69) is 4.98 Å². The van der Waals surface area contributed by atoms with Crippen LogP contribution in [0.2, 0.25) is 0 Å². The predicted molar refractivity (Wildman–Crippen MR) is 79.4 cm³/mol. The van der Waals surface area contributed by atoms with Crippen molar-refractivity contribution in [2.45, 2.75) is 44.4 Å². The zero-order valence-electron chi connectivity index (χ0n) is 12.7. The molecule has 2 N–H and O–H groups in total. The van der Waals surface area contributed by atoms with Crippen molar-refractivity contribution in [1.29, 1.82) is 0 Å². The second-order valence-corrected chi connectivity index (χ2v) is 7.06.